The SMILES string of the molecule is C=CC(=O)N1CCN2C(=O)c3c(N4CC(N(C)CCC(F)(F)F)CC4(C)C)nc(-c4ccccc4F)c(Cl)c3OC[C@H]2C1. The molecular weight excluding hydrogens is 590 g/mol. The first kappa shape index (κ1) is 31.1. The minimum atomic E-state index is -4.29. The third kappa shape index (κ3) is 6.04. The van der Waals surface area contributed by atoms with Gasteiger partial charge in [-0.3, -0.25) is 9.59 Å². The van der Waals surface area contributed by atoms with E-state index in [1.165, 1.54) is 24.3 Å². The van der Waals surface area contributed by atoms with E-state index >= 15 is 4.39 Å². The van der Waals surface area contributed by atoms with Gasteiger partial charge >= 0.3 is 6.18 Å². The summed E-state index contributed by atoms with van der Waals surface area (Å²) in [4.78, 5) is 38.2. The van der Waals surface area contributed by atoms with E-state index in [-0.39, 0.29) is 78.1 Å². The fourth-order valence-electron chi connectivity index (χ4n) is 6.17. The molecule has 13 heteroatoms. The number of amides is 2. The topological polar surface area (TPSA) is 69.2 Å². The number of anilines is 1. The lowest BCUT2D eigenvalue weighted by atomic mass is 9.98. The van der Waals surface area contributed by atoms with Crippen molar-refractivity contribution in [3.8, 4) is 17.0 Å². The molecule has 2 amide bonds. The van der Waals surface area contributed by atoms with Crippen LogP contribution in [0.4, 0.5) is 23.4 Å². The van der Waals surface area contributed by atoms with Gasteiger partial charge in [-0.1, -0.05) is 30.3 Å². The number of halogens is 5. The van der Waals surface area contributed by atoms with Gasteiger partial charge in [-0.15, -0.1) is 0 Å². The van der Waals surface area contributed by atoms with E-state index in [1.807, 2.05) is 18.7 Å². The Labute approximate surface area is 252 Å². The number of hydrogen-bond donors (Lipinski definition) is 0. The number of ether oxygens (including phenoxy) is 1. The molecule has 0 bridgehead atoms. The molecule has 3 aliphatic rings. The van der Waals surface area contributed by atoms with Crippen LogP contribution in [0.3, 0.4) is 0 Å². The quantitative estimate of drug-likeness (QED) is 0.333. The van der Waals surface area contributed by atoms with Gasteiger partial charge < -0.3 is 24.3 Å². The summed E-state index contributed by atoms with van der Waals surface area (Å²) in [6, 6.07) is 5.24. The number of nitrogens with zero attached hydrogens (tertiary/aromatic N) is 5. The lowest BCUT2D eigenvalue weighted by molar-refractivity contribution is -0.138. The fourth-order valence-corrected chi connectivity index (χ4v) is 6.46. The Hall–Kier alpha value is -3.38. The second-order valence-electron chi connectivity index (χ2n) is 11.9. The lowest BCUT2D eigenvalue weighted by Gasteiger charge is -2.40. The summed E-state index contributed by atoms with van der Waals surface area (Å²) in [5, 5.41) is -0.0214. The third-order valence-corrected chi connectivity index (χ3v) is 8.91. The molecule has 4 heterocycles. The summed E-state index contributed by atoms with van der Waals surface area (Å²) in [5.41, 5.74) is -0.315. The van der Waals surface area contributed by atoms with Gasteiger partial charge in [0.1, 0.15) is 28.8 Å². The standard InChI is InChI=1S/C30H34ClF4N5O3/c1-5-22(41)38-12-13-39-19(15-38)17-43-26-23(28(39)42)27(36-25(24(26)31)20-8-6-7-9-21(20)32)40-16-18(14-29(40,2)3)37(4)11-10-30(33,34)35/h5-9,18-19H,1,10-17H2,2-4H3/t18?,19-/m1/s1. The maximum atomic E-state index is 15.1. The summed E-state index contributed by atoms with van der Waals surface area (Å²) in [6.07, 6.45) is -3.51. The van der Waals surface area contributed by atoms with E-state index in [0.29, 0.717) is 13.0 Å². The van der Waals surface area contributed by atoms with E-state index in [1.54, 1.807) is 27.8 Å². The molecular formula is C30H34ClF4N5O3. The second kappa shape index (κ2) is 11.6. The van der Waals surface area contributed by atoms with Crippen molar-refractivity contribution in [1.29, 1.82) is 0 Å². The number of alkyl halides is 3. The smallest absolute Gasteiger partial charge is 0.390 e. The maximum absolute atomic E-state index is 15.1. The van der Waals surface area contributed by atoms with Crippen LogP contribution in [0.5, 0.6) is 5.75 Å². The van der Waals surface area contributed by atoms with Crippen LogP contribution in [0.25, 0.3) is 11.3 Å². The first-order valence-corrected chi connectivity index (χ1v) is 14.5. The zero-order valence-electron chi connectivity index (χ0n) is 24.3. The average Bonchev–Trinajstić information content (AvgIpc) is 3.20. The molecule has 43 heavy (non-hydrogen) atoms. The molecule has 0 radical (unpaired) electrons. The monoisotopic (exact) mass is 623 g/mol. The molecule has 1 aromatic heterocycles. The van der Waals surface area contributed by atoms with Crippen LogP contribution in [0.15, 0.2) is 36.9 Å². The van der Waals surface area contributed by atoms with E-state index in [9.17, 15) is 22.8 Å². The summed E-state index contributed by atoms with van der Waals surface area (Å²) in [7, 11) is 1.65. The molecule has 3 aliphatic heterocycles. The molecule has 2 saturated heterocycles. The highest BCUT2D eigenvalue weighted by molar-refractivity contribution is 6.35. The number of carbonyl (C=O) groups excluding carboxylic acids is 2. The Bertz CT molecular complexity index is 1440. The third-order valence-electron chi connectivity index (χ3n) is 8.55. The van der Waals surface area contributed by atoms with Crippen LogP contribution >= 0.6 is 11.6 Å². The van der Waals surface area contributed by atoms with Crippen molar-refractivity contribution in [1.82, 2.24) is 19.7 Å². The van der Waals surface area contributed by atoms with Crippen LogP contribution in [-0.4, -0.2) is 102 Å². The number of pyridine rings is 1. The minimum Gasteiger partial charge on any atom is -0.489 e. The highest BCUT2D eigenvalue weighted by atomic mass is 35.5. The van der Waals surface area contributed by atoms with Gasteiger partial charge in [0, 0.05) is 49.9 Å². The first-order chi connectivity index (χ1) is 20.2. The first-order valence-electron chi connectivity index (χ1n) is 14.1. The zero-order valence-corrected chi connectivity index (χ0v) is 25.0. The molecule has 1 aromatic carbocycles. The largest absolute Gasteiger partial charge is 0.489 e. The number of rotatable bonds is 6. The van der Waals surface area contributed by atoms with Crippen LogP contribution in [0.1, 0.15) is 37.0 Å². The van der Waals surface area contributed by atoms with Crippen LogP contribution in [-0.2, 0) is 4.79 Å². The molecule has 8 nitrogen and oxygen atoms in total. The van der Waals surface area contributed by atoms with Gasteiger partial charge in [-0.2, -0.15) is 13.2 Å². The summed E-state index contributed by atoms with van der Waals surface area (Å²) >= 11 is 6.85. The van der Waals surface area contributed by atoms with Gasteiger partial charge in [0.25, 0.3) is 5.91 Å². The molecule has 5 rings (SSSR count). The number of piperazine rings is 1. The molecule has 0 saturated carbocycles. The molecule has 0 aliphatic carbocycles. The number of fused-ring (bicyclic) bond motifs is 2. The maximum Gasteiger partial charge on any atom is 0.390 e. The van der Waals surface area contributed by atoms with Gasteiger partial charge in [0.2, 0.25) is 5.91 Å². The van der Waals surface area contributed by atoms with Crippen molar-refractivity contribution in [3.63, 3.8) is 0 Å². The van der Waals surface area contributed by atoms with Gasteiger partial charge in [-0.25, -0.2) is 9.37 Å². The average molecular weight is 624 g/mol. The van der Waals surface area contributed by atoms with Crippen LogP contribution in [0.2, 0.25) is 5.02 Å². The number of aromatic nitrogens is 1. The highest BCUT2D eigenvalue weighted by Crippen LogP contribution is 2.47. The zero-order chi connectivity index (χ0) is 31.3. The van der Waals surface area contributed by atoms with E-state index in [0.717, 1.165) is 0 Å². The van der Waals surface area contributed by atoms with Crippen LogP contribution < -0.4 is 9.64 Å². The molecule has 0 N–H and O–H groups in total. The van der Waals surface area contributed by atoms with E-state index in [2.05, 4.69) is 6.58 Å². The highest BCUT2D eigenvalue weighted by Gasteiger charge is 2.46. The van der Waals surface area contributed by atoms with Crippen molar-refractivity contribution in [2.45, 2.75) is 50.5 Å². The molecule has 232 valence electrons. The normalized spacial score (nSPS) is 21.8. The number of benzene rings is 1. The summed E-state index contributed by atoms with van der Waals surface area (Å²) in [5.74, 6) is -0.919. The van der Waals surface area contributed by atoms with Crippen molar-refractivity contribution in [2.24, 2.45) is 0 Å². The van der Waals surface area contributed by atoms with Crippen molar-refractivity contribution < 1.29 is 31.9 Å². The van der Waals surface area contributed by atoms with E-state index in [4.69, 9.17) is 21.3 Å². The number of carbonyl (C=O) groups is 2. The Morgan fingerprint density at radius 1 is 1.26 bits per heavy atom. The molecule has 2 atom stereocenters. The molecule has 2 fully saturated rings. The summed E-state index contributed by atoms with van der Waals surface area (Å²) in [6.45, 7) is 8.31. The Balaban J connectivity index is 1.60. The molecule has 0 spiro atoms. The summed E-state index contributed by atoms with van der Waals surface area (Å²) < 4.78 is 60.3. The fraction of sp³-hybridized carbons (Fsp3) is 0.500. The van der Waals surface area contributed by atoms with Gasteiger partial charge in [0.05, 0.1) is 18.2 Å². The lowest BCUT2D eigenvalue weighted by Crippen LogP contribution is -2.57. The Morgan fingerprint density at radius 3 is 2.65 bits per heavy atom. The molecule has 1 unspecified atom stereocenters. The predicted molar refractivity (Wildman–Crippen MR) is 155 cm³/mol. The Morgan fingerprint density at radius 2 is 1.98 bits per heavy atom. The number of hydrogen-bond acceptors (Lipinski definition) is 6. The van der Waals surface area contributed by atoms with Crippen LogP contribution in [0, 0.1) is 5.82 Å². The van der Waals surface area contributed by atoms with Crippen molar-refractivity contribution in [3.05, 3.63) is 53.3 Å². The van der Waals surface area contributed by atoms with Crippen molar-refractivity contribution in [2.75, 3.05) is 51.3 Å². The van der Waals surface area contributed by atoms with E-state index < -0.39 is 35.9 Å². The molecule has 2 aromatic rings. The number of likely N-dealkylation sites (N-methyl/N-ethyl adjacent to an activating group) is 1. The van der Waals surface area contributed by atoms with Gasteiger partial charge in [-0.05, 0) is 45.5 Å². The minimum absolute atomic E-state index is 0.0214. The van der Waals surface area contributed by atoms with Gasteiger partial charge in [0.15, 0.2) is 5.75 Å². The second-order valence-corrected chi connectivity index (χ2v) is 12.2. The Kier molecular flexibility index (Phi) is 8.38. The van der Waals surface area contributed by atoms with Crippen molar-refractivity contribution >= 4 is 29.2 Å². The predicted octanol–water partition coefficient (Wildman–Crippen LogP) is 5.01.